The predicted molar refractivity (Wildman–Crippen MR) is 60.2 cm³/mol. The Bertz CT molecular complexity index is 404. The van der Waals surface area contributed by atoms with E-state index < -0.39 is 0 Å². The van der Waals surface area contributed by atoms with E-state index in [-0.39, 0.29) is 5.97 Å². The number of ether oxygens (including phenoxy) is 1. The van der Waals surface area contributed by atoms with Gasteiger partial charge in [0.1, 0.15) is 0 Å². The Morgan fingerprint density at radius 1 is 1.20 bits per heavy atom. The van der Waals surface area contributed by atoms with Gasteiger partial charge in [-0.15, -0.1) is 0 Å². The Morgan fingerprint density at radius 3 is 2.20 bits per heavy atom. The largest absolute Gasteiger partial charge is 0.465 e. The van der Waals surface area contributed by atoms with Crippen LogP contribution in [-0.4, -0.2) is 13.1 Å². The highest BCUT2D eigenvalue weighted by Gasteiger charge is 2.12. The van der Waals surface area contributed by atoms with Crippen LogP contribution in [0, 0.1) is 0 Å². The SMILES string of the molecule is COC(=O)c1ccccc1C(N)=C(C)C. The molecule has 3 nitrogen and oxygen atoms in total. The summed E-state index contributed by atoms with van der Waals surface area (Å²) < 4.78 is 4.69. The van der Waals surface area contributed by atoms with Crippen molar-refractivity contribution in [2.45, 2.75) is 13.8 Å². The monoisotopic (exact) mass is 205 g/mol. The maximum atomic E-state index is 11.5. The first kappa shape index (κ1) is 11.3. The van der Waals surface area contributed by atoms with Crippen LogP contribution in [0.2, 0.25) is 0 Å². The van der Waals surface area contributed by atoms with E-state index in [0.717, 1.165) is 11.1 Å². The van der Waals surface area contributed by atoms with Gasteiger partial charge < -0.3 is 10.5 Å². The second kappa shape index (κ2) is 4.64. The van der Waals surface area contributed by atoms with Gasteiger partial charge >= 0.3 is 5.97 Å². The highest BCUT2D eigenvalue weighted by Crippen LogP contribution is 2.18. The van der Waals surface area contributed by atoms with E-state index in [0.29, 0.717) is 11.3 Å². The van der Waals surface area contributed by atoms with Crippen molar-refractivity contribution in [3.8, 4) is 0 Å². The number of nitrogens with two attached hydrogens (primary N) is 1. The molecule has 80 valence electrons. The van der Waals surface area contributed by atoms with Gasteiger partial charge in [-0.2, -0.15) is 0 Å². The molecule has 0 saturated heterocycles. The zero-order valence-corrected chi connectivity index (χ0v) is 9.20. The summed E-state index contributed by atoms with van der Waals surface area (Å²) in [6.45, 7) is 3.81. The van der Waals surface area contributed by atoms with Crippen molar-refractivity contribution < 1.29 is 9.53 Å². The van der Waals surface area contributed by atoms with E-state index in [4.69, 9.17) is 5.73 Å². The summed E-state index contributed by atoms with van der Waals surface area (Å²) in [7, 11) is 1.36. The van der Waals surface area contributed by atoms with Crippen LogP contribution in [0.4, 0.5) is 0 Å². The first-order chi connectivity index (χ1) is 7.07. The molecule has 0 atom stereocenters. The fourth-order valence-corrected chi connectivity index (χ4v) is 1.28. The van der Waals surface area contributed by atoms with Crippen LogP contribution in [0.3, 0.4) is 0 Å². The standard InChI is InChI=1S/C12H15NO2/c1-8(2)11(13)9-6-4-5-7-10(9)12(14)15-3/h4-7H,13H2,1-3H3. The summed E-state index contributed by atoms with van der Waals surface area (Å²) in [5, 5.41) is 0. The molecule has 1 rings (SSSR count). The van der Waals surface area contributed by atoms with Crippen LogP contribution >= 0.6 is 0 Å². The quantitative estimate of drug-likeness (QED) is 0.753. The van der Waals surface area contributed by atoms with Gasteiger partial charge in [0.2, 0.25) is 0 Å². The summed E-state index contributed by atoms with van der Waals surface area (Å²) in [6, 6.07) is 7.15. The molecule has 3 heteroatoms. The van der Waals surface area contributed by atoms with Crippen molar-refractivity contribution in [1.82, 2.24) is 0 Å². The highest BCUT2D eigenvalue weighted by molar-refractivity contribution is 5.95. The molecule has 0 amide bonds. The fourth-order valence-electron chi connectivity index (χ4n) is 1.28. The van der Waals surface area contributed by atoms with Crippen LogP contribution in [-0.2, 0) is 4.74 Å². The lowest BCUT2D eigenvalue weighted by atomic mass is 10.0. The lowest BCUT2D eigenvalue weighted by molar-refractivity contribution is 0.0600. The Labute approximate surface area is 89.5 Å². The lowest BCUT2D eigenvalue weighted by Gasteiger charge is -2.09. The van der Waals surface area contributed by atoms with Crippen molar-refractivity contribution in [2.75, 3.05) is 7.11 Å². The van der Waals surface area contributed by atoms with E-state index in [1.54, 1.807) is 12.1 Å². The minimum absolute atomic E-state index is 0.366. The molecular weight excluding hydrogens is 190 g/mol. The van der Waals surface area contributed by atoms with Crippen molar-refractivity contribution >= 4 is 11.7 Å². The van der Waals surface area contributed by atoms with Gasteiger partial charge in [-0.05, 0) is 19.9 Å². The van der Waals surface area contributed by atoms with Crippen LogP contribution in [0.5, 0.6) is 0 Å². The second-order valence-electron chi connectivity index (χ2n) is 3.45. The summed E-state index contributed by atoms with van der Waals surface area (Å²) in [5.41, 5.74) is 8.73. The summed E-state index contributed by atoms with van der Waals surface area (Å²) >= 11 is 0. The molecule has 1 aromatic rings. The minimum atomic E-state index is -0.366. The van der Waals surface area contributed by atoms with Crippen LogP contribution < -0.4 is 5.73 Å². The van der Waals surface area contributed by atoms with Gasteiger partial charge in [-0.1, -0.05) is 23.8 Å². The molecule has 0 bridgehead atoms. The molecule has 0 heterocycles. The molecule has 0 saturated carbocycles. The van der Waals surface area contributed by atoms with Crippen LogP contribution in [0.1, 0.15) is 29.8 Å². The van der Waals surface area contributed by atoms with Gasteiger partial charge in [0.25, 0.3) is 0 Å². The maximum Gasteiger partial charge on any atom is 0.338 e. The molecule has 0 aromatic heterocycles. The summed E-state index contributed by atoms with van der Waals surface area (Å²) in [4.78, 5) is 11.5. The molecular formula is C12H15NO2. The third kappa shape index (κ3) is 2.37. The number of esters is 1. The van der Waals surface area contributed by atoms with Crippen molar-refractivity contribution in [1.29, 1.82) is 0 Å². The lowest BCUT2D eigenvalue weighted by Crippen LogP contribution is -2.09. The van der Waals surface area contributed by atoms with E-state index in [1.165, 1.54) is 7.11 Å². The molecule has 0 spiro atoms. The van der Waals surface area contributed by atoms with Crippen molar-refractivity contribution in [3.05, 3.63) is 41.0 Å². The van der Waals surface area contributed by atoms with Crippen molar-refractivity contribution in [3.63, 3.8) is 0 Å². The van der Waals surface area contributed by atoms with E-state index in [2.05, 4.69) is 4.74 Å². The topological polar surface area (TPSA) is 52.3 Å². The first-order valence-corrected chi connectivity index (χ1v) is 4.68. The van der Waals surface area contributed by atoms with E-state index in [9.17, 15) is 4.79 Å². The number of carbonyl (C=O) groups is 1. The zero-order chi connectivity index (χ0) is 11.4. The number of benzene rings is 1. The summed E-state index contributed by atoms with van der Waals surface area (Å²) in [6.07, 6.45) is 0. The van der Waals surface area contributed by atoms with Crippen molar-refractivity contribution in [2.24, 2.45) is 5.73 Å². The second-order valence-corrected chi connectivity index (χ2v) is 3.45. The maximum absolute atomic E-state index is 11.5. The molecule has 1 aromatic carbocycles. The molecule has 0 aliphatic rings. The zero-order valence-electron chi connectivity index (χ0n) is 9.20. The number of methoxy groups -OCH3 is 1. The number of hydrogen-bond acceptors (Lipinski definition) is 3. The molecule has 2 N–H and O–H groups in total. The van der Waals surface area contributed by atoms with Crippen LogP contribution in [0.25, 0.3) is 5.70 Å². The average Bonchev–Trinajstić information content (AvgIpc) is 2.27. The Hall–Kier alpha value is -1.77. The van der Waals surface area contributed by atoms with Crippen LogP contribution in [0.15, 0.2) is 29.8 Å². The van der Waals surface area contributed by atoms with Gasteiger partial charge in [0.05, 0.1) is 12.7 Å². The fraction of sp³-hybridized carbons (Fsp3) is 0.250. The third-order valence-corrected chi connectivity index (χ3v) is 2.16. The third-order valence-electron chi connectivity index (χ3n) is 2.16. The molecule has 0 radical (unpaired) electrons. The molecule has 0 aliphatic carbocycles. The van der Waals surface area contributed by atoms with E-state index >= 15 is 0 Å². The highest BCUT2D eigenvalue weighted by atomic mass is 16.5. The Kier molecular flexibility index (Phi) is 3.50. The predicted octanol–water partition coefficient (Wildman–Crippen LogP) is 2.18. The molecule has 0 fully saturated rings. The normalized spacial score (nSPS) is 9.53. The average molecular weight is 205 g/mol. The Balaban J connectivity index is 3.30. The van der Waals surface area contributed by atoms with Gasteiger partial charge in [0.15, 0.2) is 0 Å². The number of carbonyl (C=O) groups excluding carboxylic acids is 1. The summed E-state index contributed by atoms with van der Waals surface area (Å²) in [5.74, 6) is -0.366. The molecule has 0 unspecified atom stereocenters. The van der Waals surface area contributed by atoms with Gasteiger partial charge in [-0.25, -0.2) is 4.79 Å². The smallest absolute Gasteiger partial charge is 0.338 e. The number of allylic oxidation sites excluding steroid dienone is 1. The molecule has 0 aliphatic heterocycles. The Morgan fingerprint density at radius 2 is 1.73 bits per heavy atom. The number of rotatable bonds is 2. The minimum Gasteiger partial charge on any atom is -0.465 e. The van der Waals surface area contributed by atoms with Gasteiger partial charge in [0, 0.05) is 11.3 Å². The first-order valence-electron chi connectivity index (χ1n) is 4.68. The number of hydrogen-bond donors (Lipinski definition) is 1. The van der Waals surface area contributed by atoms with E-state index in [1.807, 2.05) is 26.0 Å². The molecule has 15 heavy (non-hydrogen) atoms. The van der Waals surface area contributed by atoms with Gasteiger partial charge in [-0.3, -0.25) is 0 Å².